The molecule has 0 fully saturated rings. The van der Waals surface area contributed by atoms with E-state index in [4.69, 9.17) is 10.6 Å². The topological polar surface area (TPSA) is 64.3 Å². The summed E-state index contributed by atoms with van der Waals surface area (Å²) in [5.41, 5.74) is 2.47. The zero-order valence-electron chi connectivity index (χ0n) is 8.51. The first kappa shape index (κ1) is 12.4. The maximum Gasteiger partial charge on any atom is 0.324 e. The van der Waals surface area contributed by atoms with Crippen molar-refractivity contribution in [1.82, 2.24) is 5.43 Å². The largest absolute Gasteiger partial charge is 0.465 e. The number of ether oxygens (including phenoxy) is 1. The van der Waals surface area contributed by atoms with Crippen LogP contribution in [0.15, 0.2) is 0 Å². The molecule has 78 valence electrons. The monoisotopic (exact) mass is 188 g/mol. The minimum Gasteiger partial charge on any atom is -0.465 e. The van der Waals surface area contributed by atoms with E-state index in [1.54, 1.807) is 6.92 Å². The van der Waals surface area contributed by atoms with Crippen molar-refractivity contribution in [2.45, 2.75) is 45.6 Å². The van der Waals surface area contributed by atoms with Crippen LogP contribution in [0, 0.1) is 0 Å². The van der Waals surface area contributed by atoms with Crippen LogP contribution >= 0.6 is 0 Å². The lowest BCUT2D eigenvalue weighted by Crippen LogP contribution is -2.42. The van der Waals surface area contributed by atoms with Crippen LogP contribution in [-0.4, -0.2) is 18.6 Å². The van der Waals surface area contributed by atoms with Gasteiger partial charge in [-0.3, -0.25) is 10.6 Å². The predicted octanol–water partition coefficient (Wildman–Crippen LogP) is 0.962. The summed E-state index contributed by atoms with van der Waals surface area (Å²) in [4.78, 5) is 11.2. The number of carbonyl (C=O) groups excluding carboxylic acids is 1. The Hall–Kier alpha value is -0.610. The Labute approximate surface area is 79.8 Å². The van der Waals surface area contributed by atoms with E-state index in [9.17, 15) is 4.79 Å². The highest BCUT2D eigenvalue weighted by Gasteiger charge is 2.16. The molecule has 0 aliphatic heterocycles. The third-order valence-electron chi connectivity index (χ3n) is 1.87. The molecule has 0 aliphatic carbocycles. The Morgan fingerprint density at radius 1 is 1.46 bits per heavy atom. The van der Waals surface area contributed by atoms with Crippen molar-refractivity contribution in [2.75, 3.05) is 6.61 Å². The van der Waals surface area contributed by atoms with Crippen molar-refractivity contribution in [3.63, 3.8) is 0 Å². The van der Waals surface area contributed by atoms with Crippen molar-refractivity contribution in [3.05, 3.63) is 0 Å². The Bertz CT molecular complexity index is 140. The second kappa shape index (κ2) is 8.01. The van der Waals surface area contributed by atoms with Crippen LogP contribution in [0.1, 0.15) is 39.5 Å². The normalized spacial score (nSPS) is 12.5. The van der Waals surface area contributed by atoms with Crippen molar-refractivity contribution >= 4 is 5.97 Å². The first-order valence-electron chi connectivity index (χ1n) is 4.89. The Balaban J connectivity index is 3.67. The highest BCUT2D eigenvalue weighted by atomic mass is 16.5. The second-order valence-corrected chi connectivity index (χ2v) is 2.97. The Morgan fingerprint density at radius 2 is 2.15 bits per heavy atom. The van der Waals surface area contributed by atoms with Crippen LogP contribution < -0.4 is 11.3 Å². The molecule has 0 amide bonds. The lowest BCUT2D eigenvalue weighted by atomic mass is 10.1. The van der Waals surface area contributed by atoms with Gasteiger partial charge in [-0.05, 0) is 13.3 Å². The van der Waals surface area contributed by atoms with Gasteiger partial charge in [0.1, 0.15) is 6.04 Å². The molecule has 1 atom stereocenters. The van der Waals surface area contributed by atoms with Crippen molar-refractivity contribution < 1.29 is 9.53 Å². The van der Waals surface area contributed by atoms with Crippen molar-refractivity contribution in [3.8, 4) is 0 Å². The van der Waals surface area contributed by atoms with Crippen LogP contribution in [0.3, 0.4) is 0 Å². The van der Waals surface area contributed by atoms with E-state index in [-0.39, 0.29) is 12.0 Å². The van der Waals surface area contributed by atoms with Crippen LogP contribution in [0.25, 0.3) is 0 Å². The molecule has 0 rings (SSSR count). The molecule has 0 aliphatic rings. The van der Waals surface area contributed by atoms with Gasteiger partial charge in [-0.1, -0.05) is 26.2 Å². The number of hydrogen-bond acceptors (Lipinski definition) is 4. The minimum atomic E-state index is -0.341. The number of esters is 1. The second-order valence-electron chi connectivity index (χ2n) is 2.97. The van der Waals surface area contributed by atoms with E-state index < -0.39 is 0 Å². The average molecular weight is 188 g/mol. The van der Waals surface area contributed by atoms with Crippen molar-refractivity contribution in [1.29, 1.82) is 0 Å². The third-order valence-corrected chi connectivity index (χ3v) is 1.87. The first-order valence-corrected chi connectivity index (χ1v) is 4.89. The number of hydrazine groups is 1. The predicted molar refractivity (Wildman–Crippen MR) is 51.9 cm³/mol. The number of nitrogens with two attached hydrogens (primary N) is 1. The van der Waals surface area contributed by atoms with Gasteiger partial charge in [0.25, 0.3) is 0 Å². The fraction of sp³-hybridized carbons (Fsp3) is 0.889. The van der Waals surface area contributed by atoms with E-state index in [2.05, 4.69) is 12.3 Å². The van der Waals surface area contributed by atoms with E-state index in [1.165, 1.54) is 0 Å². The quantitative estimate of drug-likeness (QED) is 0.270. The average Bonchev–Trinajstić information content (AvgIpc) is 2.13. The van der Waals surface area contributed by atoms with Gasteiger partial charge < -0.3 is 4.74 Å². The molecule has 0 aromatic rings. The highest BCUT2D eigenvalue weighted by Crippen LogP contribution is 2.04. The van der Waals surface area contributed by atoms with Crippen LogP contribution in [0.2, 0.25) is 0 Å². The summed E-state index contributed by atoms with van der Waals surface area (Å²) in [5.74, 6) is 4.99. The summed E-state index contributed by atoms with van der Waals surface area (Å²) in [5, 5.41) is 0. The van der Waals surface area contributed by atoms with E-state index in [0.717, 1.165) is 25.7 Å². The maximum atomic E-state index is 11.2. The molecular weight excluding hydrogens is 168 g/mol. The molecule has 1 unspecified atom stereocenters. The number of rotatable bonds is 7. The molecule has 0 aromatic carbocycles. The zero-order chi connectivity index (χ0) is 10.1. The Kier molecular flexibility index (Phi) is 7.63. The third kappa shape index (κ3) is 5.60. The summed E-state index contributed by atoms with van der Waals surface area (Å²) >= 11 is 0. The molecule has 0 heterocycles. The summed E-state index contributed by atoms with van der Waals surface area (Å²) in [6, 6.07) is -0.341. The van der Waals surface area contributed by atoms with Crippen molar-refractivity contribution in [2.24, 2.45) is 5.84 Å². The molecule has 4 heteroatoms. The molecule has 0 saturated heterocycles. The molecular formula is C9H20N2O2. The molecule has 0 radical (unpaired) electrons. The minimum absolute atomic E-state index is 0.249. The standard InChI is InChI=1S/C9H20N2O2/c1-3-5-6-7-8(11-10)9(12)13-4-2/h8,11H,3-7,10H2,1-2H3. The van der Waals surface area contributed by atoms with Gasteiger partial charge in [-0.25, -0.2) is 5.43 Å². The van der Waals surface area contributed by atoms with Gasteiger partial charge in [0, 0.05) is 0 Å². The summed E-state index contributed by atoms with van der Waals surface area (Å²) < 4.78 is 4.84. The van der Waals surface area contributed by atoms with Crippen LogP contribution in [-0.2, 0) is 9.53 Å². The highest BCUT2D eigenvalue weighted by molar-refractivity contribution is 5.75. The van der Waals surface area contributed by atoms with Gasteiger partial charge in [-0.2, -0.15) is 0 Å². The molecule has 4 nitrogen and oxygen atoms in total. The SMILES string of the molecule is CCCCCC(NN)C(=O)OCC. The van der Waals surface area contributed by atoms with Gasteiger partial charge in [0.15, 0.2) is 0 Å². The molecule has 3 N–H and O–H groups in total. The number of nitrogens with one attached hydrogen (secondary N) is 1. The lowest BCUT2D eigenvalue weighted by molar-refractivity contribution is -0.145. The van der Waals surface area contributed by atoms with Gasteiger partial charge in [-0.15, -0.1) is 0 Å². The van der Waals surface area contributed by atoms with E-state index in [0.29, 0.717) is 6.61 Å². The number of hydrogen-bond donors (Lipinski definition) is 2. The Morgan fingerprint density at radius 3 is 2.62 bits per heavy atom. The van der Waals surface area contributed by atoms with E-state index >= 15 is 0 Å². The number of unbranched alkanes of at least 4 members (excludes halogenated alkanes) is 2. The summed E-state index contributed by atoms with van der Waals surface area (Å²) in [7, 11) is 0. The van der Waals surface area contributed by atoms with Gasteiger partial charge >= 0.3 is 5.97 Å². The molecule has 0 spiro atoms. The lowest BCUT2D eigenvalue weighted by Gasteiger charge is -2.13. The molecule has 0 saturated carbocycles. The number of carbonyl (C=O) groups is 1. The van der Waals surface area contributed by atoms with Gasteiger partial charge in [0.2, 0.25) is 0 Å². The van der Waals surface area contributed by atoms with E-state index in [1.807, 2.05) is 0 Å². The fourth-order valence-electron chi connectivity index (χ4n) is 1.11. The smallest absolute Gasteiger partial charge is 0.324 e. The first-order chi connectivity index (χ1) is 6.26. The fourth-order valence-corrected chi connectivity index (χ4v) is 1.11. The van der Waals surface area contributed by atoms with Crippen LogP contribution in [0.4, 0.5) is 0 Å². The molecule has 13 heavy (non-hydrogen) atoms. The van der Waals surface area contributed by atoms with Crippen LogP contribution in [0.5, 0.6) is 0 Å². The maximum absolute atomic E-state index is 11.2. The zero-order valence-corrected chi connectivity index (χ0v) is 8.51. The summed E-state index contributed by atoms with van der Waals surface area (Å²) in [6.07, 6.45) is 4.02. The summed E-state index contributed by atoms with van der Waals surface area (Å²) in [6.45, 7) is 4.32. The van der Waals surface area contributed by atoms with Gasteiger partial charge in [0.05, 0.1) is 6.61 Å². The molecule has 0 aromatic heterocycles. The molecule has 0 bridgehead atoms.